The zero-order chi connectivity index (χ0) is 24.6. The van der Waals surface area contributed by atoms with Gasteiger partial charge in [0.25, 0.3) is 0 Å². The minimum Gasteiger partial charge on any atom is -0.467 e. The maximum Gasteiger partial charge on any atom is 0.230 e. The van der Waals surface area contributed by atoms with E-state index in [4.69, 9.17) is 9.15 Å². The lowest BCUT2D eigenvalue weighted by atomic mass is 9.70. The summed E-state index contributed by atoms with van der Waals surface area (Å²) in [7, 11) is 0. The number of nitrogens with zero attached hydrogens (tertiary/aromatic N) is 1. The van der Waals surface area contributed by atoms with Crippen molar-refractivity contribution < 1.29 is 23.5 Å². The number of aromatic nitrogens is 1. The molecule has 1 aromatic carbocycles. The Bertz CT molecular complexity index is 1410. The van der Waals surface area contributed by atoms with E-state index in [1.54, 1.807) is 23.3 Å². The quantitative estimate of drug-likeness (QED) is 0.541. The van der Waals surface area contributed by atoms with Gasteiger partial charge in [0.15, 0.2) is 0 Å². The van der Waals surface area contributed by atoms with Crippen molar-refractivity contribution >= 4 is 28.5 Å². The van der Waals surface area contributed by atoms with Gasteiger partial charge in [-0.15, -0.1) is 0 Å². The number of hydrogen-bond donors (Lipinski definition) is 2. The first-order chi connectivity index (χ1) is 17.5. The highest BCUT2D eigenvalue weighted by Gasteiger charge is 2.74. The zero-order valence-electron chi connectivity index (χ0n) is 19.8. The highest BCUT2D eigenvalue weighted by molar-refractivity contribution is 5.96. The van der Waals surface area contributed by atoms with E-state index in [0.29, 0.717) is 18.7 Å². The summed E-state index contributed by atoms with van der Waals surface area (Å²) >= 11 is 0. The van der Waals surface area contributed by atoms with Gasteiger partial charge in [0, 0.05) is 36.0 Å². The van der Waals surface area contributed by atoms with Crippen molar-refractivity contribution in [1.82, 2.24) is 15.2 Å². The van der Waals surface area contributed by atoms with Gasteiger partial charge in [-0.2, -0.15) is 0 Å². The number of hydrogen-bond acceptors (Lipinski definition) is 5. The molecule has 0 radical (unpaired) electrons. The van der Waals surface area contributed by atoms with Crippen molar-refractivity contribution in [2.24, 2.45) is 17.8 Å². The predicted octanol–water partition coefficient (Wildman–Crippen LogP) is 2.92. The maximum atomic E-state index is 14.0. The van der Waals surface area contributed by atoms with Crippen LogP contribution in [-0.4, -0.2) is 51.8 Å². The summed E-state index contributed by atoms with van der Waals surface area (Å²) in [4.78, 5) is 45.5. The molecule has 2 aromatic heterocycles. The van der Waals surface area contributed by atoms with Crippen LogP contribution in [0, 0.1) is 17.8 Å². The van der Waals surface area contributed by atoms with Crippen LogP contribution in [0.4, 0.5) is 0 Å². The number of benzene rings is 1. The molecule has 3 saturated heterocycles. The van der Waals surface area contributed by atoms with Crippen LogP contribution < -0.4 is 5.32 Å². The number of aromatic amines is 1. The third-order valence-electron chi connectivity index (χ3n) is 8.62. The molecule has 4 aliphatic heterocycles. The summed E-state index contributed by atoms with van der Waals surface area (Å²) in [6.07, 6.45) is 7.75. The lowest BCUT2D eigenvalue weighted by Crippen LogP contribution is -2.55. The first-order valence-electron chi connectivity index (χ1n) is 12.6. The van der Waals surface area contributed by atoms with Gasteiger partial charge in [-0.05, 0) is 30.2 Å². The first-order valence-corrected chi connectivity index (χ1v) is 12.6. The fourth-order valence-electron chi connectivity index (χ4n) is 7.04. The average Bonchev–Trinajstić information content (AvgIpc) is 3.69. The lowest BCUT2D eigenvalue weighted by Gasteiger charge is -2.43. The number of carbonyl (C=O) groups excluding carboxylic acids is 3. The fraction of sp³-hybridized carbons (Fsp3) is 0.393. The van der Waals surface area contributed by atoms with Crippen molar-refractivity contribution in [3.8, 4) is 0 Å². The normalized spacial score (nSPS) is 34.4. The molecule has 2 amide bonds. The van der Waals surface area contributed by atoms with Gasteiger partial charge < -0.3 is 24.4 Å². The molecule has 7 rings (SSSR count). The third kappa shape index (κ3) is 2.82. The highest BCUT2D eigenvalue weighted by atomic mass is 16.5. The molecule has 6 heterocycles. The van der Waals surface area contributed by atoms with E-state index in [9.17, 15) is 14.4 Å². The molecule has 3 fully saturated rings. The number of piperidine rings is 1. The number of ether oxygens (including phenoxy) is 1. The number of ketones is 1. The van der Waals surface area contributed by atoms with Gasteiger partial charge in [-0.25, -0.2) is 0 Å². The smallest absolute Gasteiger partial charge is 0.230 e. The minimum atomic E-state index is -0.971. The molecule has 2 N–H and O–H groups in total. The first kappa shape index (κ1) is 21.6. The highest BCUT2D eigenvalue weighted by Crippen LogP contribution is 2.59. The Hall–Kier alpha value is -3.65. The second-order valence-electron chi connectivity index (χ2n) is 10.4. The van der Waals surface area contributed by atoms with Crippen LogP contribution in [0.1, 0.15) is 30.7 Å². The number of furan rings is 1. The number of amides is 2. The Labute approximate surface area is 207 Å². The molecule has 2 bridgehead atoms. The van der Waals surface area contributed by atoms with Crippen molar-refractivity contribution in [2.75, 3.05) is 6.54 Å². The topological polar surface area (TPSA) is 105 Å². The van der Waals surface area contributed by atoms with Crippen LogP contribution in [0.2, 0.25) is 0 Å². The SMILES string of the molecule is C[C@H]1C(=O)C[C@@H](c2ccco2)N2C(=O)[C@@H]3[C@H](C(=O)NCCc4c[nH]c5ccccc45)[C@@H]4C=C[C@@]3(O4)[C@@H]12. The molecule has 36 heavy (non-hydrogen) atoms. The third-order valence-corrected chi connectivity index (χ3v) is 8.62. The fourth-order valence-corrected chi connectivity index (χ4v) is 7.04. The molecule has 0 unspecified atom stereocenters. The number of Topliss-reactive ketones (excluding diaryl/α,β-unsaturated/α-hetero) is 1. The number of H-pyrrole nitrogens is 1. The van der Waals surface area contributed by atoms with E-state index in [1.165, 1.54) is 0 Å². The molecular weight excluding hydrogens is 458 g/mol. The van der Waals surface area contributed by atoms with Crippen LogP contribution in [0.3, 0.4) is 0 Å². The molecule has 0 aliphatic carbocycles. The van der Waals surface area contributed by atoms with E-state index in [-0.39, 0.29) is 24.0 Å². The van der Waals surface area contributed by atoms with Crippen LogP contribution in [-0.2, 0) is 25.5 Å². The number of carbonyl (C=O) groups is 3. The van der Waals surface area contributed by atoms with Crippen LogP contribution in [0.15, 0.2) is 65.4 Å². The van der Waals surface area contributed by atoms with Gasteiger partial charge >= 0.3 is 0 Å². The Morgan fingerprint density at radius 2 is 2.08 bits per heavy atom. The summed E-state index contributed by atoms with van der Waals surface area (Å²) in [5.74, 6) is -1.33. The summed E-state index contributed by atoms with van der Waals surface area (Å²) in [6.45, 7) is 2.32. The monoisotopic (exact) mass is 485 g/mol. The van der Waals surface area contributed by atoms with E-state index in [1.807, 2.05) is 43.5 Å². The molecule has 1 spiro atoms. The second-order valence-corrected chi connectivity index (χ2v) is 10.4. The van der Waals surface area contributed by atoms with Crippen molar-refractivity contribution in [2.45, 2.75) is 43.6 Å². The second kappa shape index (κ2) is 7.67. The van der Waals surface area contributed by atoms with Crippen LogP contribution in [0.5, 0.6) is 0 Å². The lowest BCUT2D eigenvalue weighted by molar-refractivity contribution is -0.148. The predicted molar refractivity (Wildman–Crippen MR) is 130 cm³/mol. The minimum absolute atomic E-state index is 0.0764. The van der Waals surface area contributed by atoms with Crippen molar-refractivity contribution in [3.05, 3.63) is 72.3 Å². The summed E-state index contributed by atoms with van der Waals surface area (Å²) in [5, 5.41) is 4.20. The largest absolute Gasteiger partial charge is 0.467 e. The number of nitrogens with one attached hydrogen (secondary N) is 2. The molecule has 0 saturated carbocycles. The van der Waals surface area contributed by atoms with Gasteiger partial charge in [-0.3, -0.25) is 14.4 Å². The van der Waals surface area contributed by atoms with Gasteiger partial charge in [0.05, 0.1) is 36.3 Å². The van der Waals surface area contributed by atoms with Crippen molar-refractivity contribution in [1.29, 1.82) is 0 Å². The molecule has 3 aromatic rings. The number of fused-ring (bicyclic) bond motifs is 3. The Balaban J connectivity index is 1.15. The molecule has 7 atom stereocenters. The standard InChI is InChI=1S/C28H27N3O5/c1-15-20(32)13-19(21-7-4-12-35-21)31-25(15)28-10-8-22(36-28)23(24(28)27(31)34)26(33)29-11-9-16-14-30-18-6-3-2-5-17(16)18/h2-8,10,12,14-15,19,22-25,30H,9,11,13H2,1H3,(H,29,33)/t15-,19-,22-,23+,24-,25+,28-/m0/s1. The van der Waals surface area contributed by atoms with E-state index < -0.39 is 41.5 Å². The maximum absolute atomic E-state index is 14.0. The summed E-state index contributed by atoms with van der Waals surface area (Å²) in [6, 6.07) is 10.7. The Morgan fingerprint density at radius 1 is 1.22 bits per heavy atom. The number of rotatable bonds is 5. The zero-order valence-corrected chi connectivity index (χ0v) is 19.8. The summed E-state index contributed by atoms with van der Waals surface area (Å²) < 4.78 is 12.0. The molecule has 184 valence electrons. The average molecular weight is 486 g/mol. The molecule has 8 nitrogen and oxygen atoms in total. The number of para-hydroxylation sites is 1. The van der Waals surface area contributed by atoms with E-state index >= 15 is 0 Å². The Kier molecular flexibility index (Phi) is 4.61. The van der Waals surface area contributed by atoms with E-state index in [0.717, 1.165) is 16.5 Å². The van der Waals surface area contributed by atoms with E-state index in [2.05, 4.69) is 16.4 Å². The van der Waals surface area contributed by atoms with Crippen molar-refractivity contribution in [3.63, 3.8) is 0 Å². The van der Waals surface area contributed by atoms with Crippen LogP contribution >= 0.6 is 0 Å². The van der Waals surface area contributed by atoms with Crippen LogP contribution in [0.25, 0.3) is 10.9 Å². The molecular formula is C28H27N3O5. The Morgan fingerprint density at radius 3 is 2.92 bits per heavy atom. The molecule has 4 aliphatic rings. The molecule has 8 heteroatoms. The summed E-state index contributed by atoms with van der Waals surface area (Å²) in [5.41, 5.74) is 1.23. The van der Waals surface area contributed by atoms with Gasteiger partial charge in [0.1, 0.15) is 17.1 Å². The van der Waals surface area contributed by atoms with Gasteiger partial charge in [-0.1, -0.05) is 37.3 Å². The van der Waals surface area contributed by atoms with Gasteiger partial charge in [0.2, 0.25) is 11.8 Å².